The maximum Gasteiger partial charge on any atom is 0.308 e. The van der Waals surface area contributed by atoms with Crippen molar-refractivity contribution in [2.24, 2.45) is 5.92 Å². The van der Waals surface area contributed by atoms with E-state index >= 15 is 0 Å². The molecular formula is C14H18ClNO3S. The van der Waals surface area contributed by atoms with Gasteiger partial charge in [0.15, 0.2) is 0 Å². The Labute approximate surface area is 127 Å². The van der Waals surface area contributed by atoms with Gasteiger partial charge in [0, 0.05) is 6.04 Å². The molecule has 1 aliphatic carbocycles. The summed E-state index contributed by atoms with van der Waals surface area (Å²) in [6.07, 6.45) is 5.40. The van der Waals surface area contributed by atoms with E-state index in [1.165, 1.54) is 11.3 Å². The Morgan fingerprint density at radius 1 is 1.20 bits per heavy atom. The van der Waals surface area contributed by atoms with Crippen molar-refractivity contribution < 1.29 is 14.7 Å². The number of carbonyl (C=O) groups excluding carboxylic acids is 1. The normalized spacial score (nSPS) is 23.6. The van der Waals surface area contributed by atoms with Gasteiger partial charge in [0.2, 0.25) is 0 Å². The third-order valence-electron chi connectivity index (χ3n) is 3.70. The molecule has 0 spiro atoms. The highest BCUT2D eigenvalue weighted by atomic mass is 35.5. The van der Waals surface area contributed by atoms with E-state index in [2.05, 4.69) is 5.32 Å². The molecule has 1 aromatic heterocycles. The standard InChI is InChI=1S/C14H18ClNO3S/c15-12-8-7-11(20-12)13(17)16-10-6-4-2-1-3-5-9(10)14(18)19/h7-10H,1-6H2,(H,16,17)(H,18,19). The van der Waals surface area contributed by atoms with Gasteiger partial charge in [0.1, 0.15) is 0 Å². The number of nitrogens with one attached hydrogen (secondary N) is 1. The molecule has 1 aromatic rings. The number of halogens is 1. The zero-order valence-electron chi connectivity index (χ0n) is 11.1. The van der Waals surface area contributed by atoms with Crippen molar-refractivity contribution in [3.63, 3.8) is 0 Å². The van der Waals surface area contributed by atoms with Gasteiger partial charge in [-0.1, -0.05) is 37.3 Å². The van der Waals surface area contributed by atoms with Gasteiger partial charge in [-0.25, -0.2) is 0 Å². The molecule has 1 heterocycles. The molecule has 110 valence electrons. The molecule has 2 N–H and O–H groups in total. The lowest BCUT2D eigenvalue weighted by atomic mass is 9.87. The number of rotatable bonds is 3. The fraction of sp³-hybridized carbons (Fsp3) is 0.571. The fourth-order valence-electron chi connectivity index (χ4n) is 2.63. The summed E-state index contributed by atoms with van der Waals surface area (Å²) < 4.78 is 0.558. The van der Waals surface area contributed by atoms with E-state index in [-0.39, 0.29) is 11.9 Å². The molecule has 2 atom stereocenters. The number of carboxylic acids is 1. The molecular weight excluding hydrogens is 298 g/mol. The summed E-state index contributed by atoms with van der Waals surface area (Å²) in [7, 11) is 0. The van der Waals surface area contributed by atoms with Crippen LogP contribution in [-0.2, 0) is 4.79 Å². The van der Waals surface area contributed by atoms with Crippen molar-refractivity contribution >= 4 is 34.8 Å². The topological polar surface area (TPSA) is 66.4 Å². The van der Waals surface area contributed by atoms with Crippen LogP contribution in [0.3, 0.4) is 0 Å². The van der Waals surface area contributed by atoms with E-state index in [0.717, 1.165) is 32.1 Å². The van der Waals surface area contributed by atoms with E-state index in [1.807, 2.05) is 0 Å². The second-order valence-corrected chi connectivity index (χ2v) is 6.84. The fourth-order valence-corrected chi connectivity index (χ4v) is 3.57. The summed E-state index contributed by atoms with van der Waals surface area (Å²) >= 11 is 7.03. The summed E-state index contributed by atoms with van der Waals surface area (Å²) in [5.74, 6) is -1.53. The maximum atomic E-state index is 12.1. The summed E-state index contributed by atoms with van der Waals surface area (Å²) in [5.41, 5.74) is 0. The predicted molar refractivity (Wildman–Crippen MR) is 79.4 cm³/mol. The monoisotopic (exact) mass is 315 g/mol. The van der Waals surface area contributed by atoms with Crippen molar-refractivity contribution in [2.75, 3.05) is 0 Å². The predicted octanol–water partition coefficient (Wildman–Crippen LogP) is 3.55. The van der Waals surface area contributed by atoms with Crippen molar-refractivity contribution in [3.8, 4) is 0 Å². The Morgan fingerprint density at radius 2 is 1.90 bits per heavy atom. The number of carboxylic acid groups (broad SMARTS) is 1. The lowest BCUT2D eigenvalue weighted by Crippen LogP contribution is -2.43. The van der Waals surface area contributed by atoms with Crippen LogP contribution in [0.15, 0.2) is 12.1 Å². The van der Waals surface area contributed by atoms with E-state index in [9.17, 15) is 14.7 Å². The number of hydrogen-bond donors (Lipinski definition) is 2. The highest BCUT2D eigenvalue weighted by Crippen LogP contribution is 2.25. The van der Waals surface area contributed by atoms with Crippen LogP contribution < -0.4 is 5.32 Å². The first-order valence-corrected chi connectivity index (χ1v) is 8.06. The Balaban J connectivity index is 2.06. The molecule has 4 nitrogen and oxygen atoms in total. The van der Waals surface area contributed by atoms with Crippen LogP contribution in [0.25, 0.3) is 0 Å². The third-order valence-corrected chi connectivity index (χ3v) is 4.93. The van der Waals surface area contributed by atoms with Crippen LogP contribution in [-0.4, -0.2) is 23.0 Å². The van der Waals surface area contributed by atoms with Gasteiger partial charge in [0.25, 0.3) is 5.91 Å². The minimum atomic E-state index is -0.818. The quantitative estimate of drug-likeness (QED) is 0.896. The largest absolute Gasteiger partial charge is 0.481 e. The van der Waals surface area contributed by atoms with Crippen molar-refractivity contribution in [3.05, 3.63) is 21.3 Å². The Bertz CT molecular complexity index is 489. The van der Waals surface area contributed by atoms with E-state index in [4.69, 9.17) is 11.6 Å². The van der Waals surface area contributed by atoms with Gasteiger partial charge in [-0.15, -0.1) is 11.3 Å². The molecule has 2 unspecified atom stereocenters. The van der Waals surface area contributed by atoms with Crippen LogP contribution in [0.5, 0.6) is 0 Å². The molecule has 0 bridgehead atoms. The molecule has 2 rings (SSSR count). The van der Waals surface area contributed by atoms with Gasteiger partial charge in [-0.05, 0) is 25.0 Å². The third kappa shape index (κ3) is 3.96. The second-order valence-electron chi connectivity index (χ2n) is 5.12. The first kappa shape index (κ1) is 15.3. The van der Waals surface area contributed by atoms with Crippen molar-refractivity contribution in [1.29, 1.82) is 0 Å². The summed E-state index contributed by atoms with van der Waals surface area (Å²) in [6, 6.07) is 3.05. The van der Waals surface area contributed by atoms with Crippen molar-refractivity contribution in [1.82, 2.24) is 5.32 Å². The molecule has 1 saturated carbocycles. The Kier molecular flexibility index (Phi) is 5.43. The van der Waals surface area contributed by atoms with E-state index in [0.29, 0.717) is 15.6 Å². The Hall–Kier alpha value is -1.07. The number of hydrogen-bond acceptors (Lipinski definition) is 3. The molecule has 1 aliphatic rings. The zero-order valence-corrected chi connectivity index (χ0v) is 12.7. The highest BCUT2D eigenvalue weighted by Gasteiger charge is 2.30. The molecule has 1 fully saturated rings. The van der Waals surface area contributed by atoms with Gasteiger partial charge in [-0.2, -0.15) is 0 Å². The lowest BCUT2D eigenvalue weighted by Gasteiger charge is -2.27. The first-order chi connectivity index (χ1) is 9.58. The van der Waals surface area contributed by atoms with Crippen LogP contribution in [0, 0.1) is 5.92 Å². The zero-order chi connectivity index (χ0) is 14.5. The minimum absolute atomic E-state index is 0.223. The molecule has 0 aromatic carbocycles. The SMILES string of the molecule is O=C(NC1CCCCCCC1C(=O)O)c1ccc(Cl)s1. The number of amides is 1. The summed E-state index contributed by atoms with van der Waals surface area (Å²) in [6.45, 7) is 0. The van der Waals surface area contributed by atoms with Crippen LogP contribution in [0.4, 0.5) is 0 Å². The van der Waals surface area contributed by atoms with E-state index < -0.39 is 11.9 Å². The number of thiophene rings is 1. The number of aliphatic carboxylic acids is 1. The lowest BCUT2D eigenvalue weighted by molar-refractivity contribution is -0.143. The van der Waals surface area contributed by atoms with Crippen molar-refractivity contribution in [2.45, 2.75) is 44.6 Å². The first-order valence-electron chi connectivity index (χ1n) is 6.87. The van der Waals surface area contributed by atoms with E-state index in [1.54, 1.807) is 12.1 Å². The molecule has 20 heavy (non-hydrogen) atoms. The van der Waals surface area contributed by atoms with Crippen LogP contribution >= 0.6 is 22.9 Å². The van der Waals surface area contributed by atoms with Gasteiger partial charge >= 0.3 is 5.97 Å². The maximum absolute atomic E-state index is 12.1. The molecule has 0 aliphatic heterocycles. The summed E-state index contributed by atoms with van der Waals surface area (Å²) in [5, 5.41) is 12.2. The van der Waals surface area contributed by atoms with Crippen LogP contribution in [0.1, 0.15) is 48.2 Å². The smallest absolute Gasteiger partial charge is 0.308 e. The minimum Gasteiger partial charge on any atom is -0.481 e. The average molecular weight is 316 g/mol. The molecule has 1 amide bonds. The van der Waals surface area contributed by atoms with Crippen LogP contribution in [0.2, 0.25) is 4.34 Å². The van der Waals surface area contributed by atoms with Gasteiger partial charge in [-0.3, -0.25) is 9.59 Å². The highest BCUT2D eigenvalue weighted by molar-refractivity contribution is 7.17. The average Bonchev–Trinajstić information content (AvgIpc) is 2.79. The Morgan fingerprint density at radius 3 is 2.50 bits per heavy atom. The van der Waals surface area contributed by atoms with Gasteiger partial charge in [0.05, 0.1) is 15.1 Å². The second kappa shape index (κ2) is 7.09. The van der Waals surface area contributed by atoms with Gasteiger partial charge < -0.3 is 10.4 Å². The molecule has 0 saturated heterocycles. The molecule has 6 heteroatoms. The summed E-state index contributed by atoms with van der Waals surface area (Å²) in [4.78, 5) is 24.1. The molecule has 0 radical (unpaired) electrons. The number of carbonyl (C=O) groups is 2.